The molecular formula is C11H12O5S. The summed E-state index contributed by atoms with van der Waals surface area (Å²) in [5.41, 5.74) is -2.01. The molecule has 0 fully saturated rings. The standard InChI is InChI=1S/C11H12O5S/c1-2-5-3-6-9(17-5)8(13)7(12)4-11(6,16)10(14)15/h2-3,7-8,12-13,16H,1,4H2,(H,14,15)/t7-,8+,11-/m1/s1. The van der Waals surface area contributed by atoms with Crippen LogP contribution < -0.4 is 0 Å². The van der Waals surface area contributed by atoms with Gasteiger partial charge in [0.1, 0.15) is 6.10 Å². The monoisotopic (exact) mass is 256 g/mol. The maximum absolute atomic E-state index is 11.1. The van der Waals surface area contributed by atoms with E-state index in [1.54, 1.807) is 0 Å². The fourth-order valence-electron chi connectivity index (χ4n) is 1.97. The molecule has 0 unspecified atom stereocenters. The third-order valence-electron chi connectivity index (χ3n) is 2.92. The number of carbonyl (C=O) groups is 1. The first-order chi connectivity index (χ1) is 7.90. The van der Waals surface area contributed by atoms with Crippen molar-refractivity contribution in [3.63, 3.8) is 0 Å². The minimum Gasteiger partial charge on any atom is -0.479 e. The highest BCUT2D eigenvalue weighted by molar-refractivity contribution is 7.13. The van der Waals surface area contributed by atoms with Gasteiger partial charge in [-0.3, -0.25) is 0 Å². The van der Waals surface area contributed by atoms with Gasteiger partial charge in [-0.1, -0.05) is 12.7 Å². The van der Waals surface area contributed by atoms with Gasteiger partial charge in [-0.15, -0.1) is 11.3 Å². The lowest BCUT2D eigenvalue weighted by Gasteiger charge is -2.34. The molecule has 0 saturated heterocycles. The number of thiophene rings is 1. The first-order valence-electron chi connectivity index (χ1n) is 4.98. The van der Waals surface area contributed by atoms with Gasteiger partial charge in [-0.2, -0.15) is 0 Å². The number of hydrogen-bond acceptors (Lipinski definition) is 5. The molecule has 0 aliphatic heterocycles. The van der Waals surface area contributed by atoms with Crippen molar-refractivity contribution < 1.29 is 25.2 Å². The molecule has 1 aromatic heterocycles. The molecule has 0 radical (unpaired) electrons. The summed E-state index contributed by atoms with van der Waals surface area (Å²) in [6, 6.07) is 1.48. The van der Waals surface area contributed by atoms with Gasteiger partial charge in [-0.25, -0.2) is 4.79 Å². The van der Waals surface area contributed by atoms with Crippen LogP contribution in [-0.4, -0.2) is 32.5 Å². The van der Waals surface area contributed by atoms with Gasteiger partial charge in [0.25, 0.3) is 0 Å². The Hall–Kier alpha value is -1.21. The molecule has 4 N–H and O–H groups in total. The molecule has 1 heterocycles. The zero-order valence-electron chi connectivity index (χ0n) is 8.83. The van der Waals surface area contributed by atoms with E-state index in [9.17, 15) is 20.1 Å². The van der Waals surface area contributed by atoms with E-state index in [2.05, 4.69) is 6.58 Å². The number of aliphatic hydroxyl groups excluding tert-OH is 2. The van der Waals surface area contributed by atoms with E-state index in [4.69, 9.17) is 5.11 Å². The minimum atomic E-state index is -2.15. The van der Waals surface area contributed by atoms with Crippen LogP contribution in [0.5, 0.6) is 0 Å². The van der Waals surface area contributed by atoms with Crippen molar-refractivity contribution in [2.24, 2.45) is 0 Å². The molecule has 0 spiro atoms. The molecule has 1 aromatic rings. The number of aliphatic carboxylic acids is 1. The molecule has 0 aromatic carbocycles. The average molecular weight is 256 g/mol. The Labute approximate surface area is 101 Å². The van der Waals surface area contributed by atoms with Gasteiger partial charge < -0.3 is 20.4 Å². The van der Waals surface area contributed by atoms with Crippen LogP contribution in [0.25, 0.3) is 6.08 Å². The van der Waals surface area contributed by atoms with Crippen LogP contribution in [0.3, 0.4) is 0 Å². The molecule has 92 valence electrons. The fraction of sp³-hybridized carbons (Fsp3) is 0.364. The van der Waals surface area contributed by atoms with E-state index in [0.29, 0.717) is 4.88 Å². The van der Waals surface area contributed by atoms with Gasteiger partial charge in [0.2, 0.25) is 0 Å². The molecule has 2 rings (SSSR count). The summed E-state index contributed by atoms with van der Waals surface area (Å²) < 4.78 is 0. The lowest BCUT2D eigenvalue weighted by Crippen LogP contribution is -2.44. The lowest BCUT2D eigenvalue weighted by atomic mass is 9.80. The number of fused-ring (bicyclic) bond motifs is 1. The number of aliphatic hydroxyl groups is 3. The number of carboxylic acid groups (broad SMARTS) is 1. The summed E-state index contributed by atoms with van der Waals surface area (Å²) >= 11 is 1.12. The highest BCUT2D eigenvalue weighted by atomic mass is 32.1. The first kappa shape index (κ1) is 12.3. The molecule has 17 heavy (non-hydrogen) atoms. The Kier molecular flexibility index (Phi) is 2.82. The van der Waals surface area contributed by atoms with Gasteiger partial charge >= 0.3 is 5.97 Å². The third-order valence-corrected chi connectivity index (χ3v) is 4.12. The highest BCUT2D eigenvalue weighted by Gasteiger charge is 2.49. The molecule has 5 nitrogen and oxygen atoms in total. The number of rotatable bonds is 2. The molecule has 0 amide bonds. The minimum absolute atomic E-state index is 0.141. The van der Waals surface area contributed by atoms with Crippen LogP contribution in [0.15, 0.2) is 12.6 Å². The lowest BCUT2D eigenvalue weighted by molar-refractivity contribution is -0.168. The summed E-state index contributed by atoms with van der Waals surface area (Å²) in [4.78, 5) is 12.0. The maximum atomic E-state index is 11.1. The molecule has 3 atom stereocenters. The van der Waals surface area contributed by atoms with Gasteiger partial charge in [0.05, 0.1) is 6.10 Å². The molecule has 0 saturated carbocycles. The fourth-order valence-corrected chi connectivity index (χ4v) is 3.10. The van der Waals surface area contributed by atoms with Crippen molar-refractivity contribution in [2.45, 2.75) is 24.2 Å². The normalized spacial score (nSPS) is 31.9. The topological polar surface area (TPSA) is 98.0 Å². The summed E-state index contributed by atoms with van der Waals surface area (Å²) in [5, 5.41) is 38.5. The third kappa shape index (κ3) is 1.69. The highest BCUT2D eigenvalue weighted by Crippen LogP contribution is 2.45. The summed E-state index contributed by atoms with van der Waals surface area (Å²) in [6.07, 6.45) is -1.38. The Morgan fingerprint density at radius 1 is 1.59 bits per heavy atom. The van der Waals surface area contributed by atoms with Crippen LogP contribution in [-0.2, 0) is 10.4 Å². The van der Waals surface area contributed by atoms with Crippen molar-refractivity contribution in [3.05, 3.63) is 28.0 Å². The average Bonchev–Trinajstić information content (AvgIpc) is 2.70. The summed E-state index contributed by atoms with van der Waals surface area (Å²) in [5.74, 6) is -1.43. The van der Waals surface area contributed by atoms with E-state index in [-0.39, 0.29) is 10.4 Å². The maximum Gasteiger partial charge on any atom is 0.340 e. The predicted molar refractivity (Wildman–Crippen MR) is 61.5 cm³/mol. The van der Waals surface area contributed by atoms with Crippen LogP contribution >= 0.6 is 11.3 Å². The second kappa shape index (κ2) is 3.92. The number of carboxylic acids is 1. The van der Waals surface area contributed by atoms with E-state index in [1.165, 1.54) is 12.1 Å². The second-order valence-corrected chi connectivity index (χ2v) is 5.13. The Morgan fingerprint density at radius 2 is 2.24 bits per heavy atom. The Balaban J connectivity index is 2.63. The van der Waals surface area contributed by atoms with E-state index < -0.39 is 30.2 Å². The predicted octanol–water partition coefficient (Wildman–Crippen LogP) is 0.461. The molecule has 1 aliphatic rings. The van der Waals surface area contributed by atoms with Crippen molar-refractivity contribution in [3.8, 4) is 0 Å². The van der Waals surface area contributed by atoms with Crippen LogP contribution in [0.2, 0.25) is 0 Å². The quantitative estimate of drug-likeness (QED) is 0.616. The van der Waals surface area contributed by atoms with Gasteiger partial charge in [0.15, 0.2) is 5.60 Å². The van der Waals surface area contributed by atoms with Crippen LogP contribution in [0.1, 0.15) is 27.8 Å². The molecular weight excluding hydrogens is 244 g/mol. The van der Waals surface area contributed by atoms with Crippen molar-refractivity contribution in [1.29, 1.82) is 0 Å². The molecule has 6 heteroatoms. The van der Waals surface area contributed by atoms with Gasteiger partial charge in [0, 0.05) is 21.7 Å². The Morgan fingerprint density at radius 3 is 2.76 bits per heavy atom. The summed E-state index contributed by atoms with van der Waals surface area (Å²) in [7, 11) is 0. The SMILES string of the molecule is C=Cc1cc2c(s1)[C@@H](O)[C@H](O)C[C@]2(O)C(=O)O. The van der Waals surface area contributed by atoms with Crippen LogP contribution in [0, 0.1) is 0 Å². The largest absolute Gasteiger partial charge is 0.479 e. The summed E-state index contributed by atoms with van der Waals surface area (Å²) in [6.45, 7) is 3.55. The zero-order chi connectivity index (χ0) is 12.8. The van der Waals surface area contributed by atoms with E-state index >= 15 is 0 Å². The second-order valence-electron chi connectivity index (χ2n) is 4.01. The zero-order valence-corrected chi connectivity index (χ0v) is 9.65. The number of hydrogen-bond donors (Lipinski definition) is 4. The Bertz CT molecular complexity index is 480. The van der Waals surface area contributed by atoms with E-state index in [0.717, 1.165) is 11.3 Å². The van der Waals surface area contributed by atoms with Crippen molar-refractivity contribution in [1.82, 2.24) is 0 Å². The smallest absolute Gasteiger partial charge is 0.340 e. The van der Waals surface area contributed by atoms with Crippen molar-refractivity contribution in [2.75, 3.05) is 0 Å². The van der Waals surface area contributed by atoms with Crippen LogP contribution in [0.4, 0.5) is 0 Å². The van der Waals surface area contributed by atoms with E-state index in [1.807, 2.05) is 0 Å². The molecule has 0 bridgehead atoms. The molecule has 1 aliphatic carbocycles. The van der Waals surface area contributed by atoms with Gasteiger partial charge in [-0.05, 0) is 6.07 Å². The van der Waals surface area contributed by atoms with Crippen molar-refractivity contribution >= 4 is 23.4 Å². The first-order valence-corrected chi connectivity index (χ1v) is 5.80.